The molecule has 2 aliphatic carbocycles. The number of amides is 2. The van der Waals surface area contributed by atoms with Gasteiger partial charge in [-0.3, -0.25) is 9.59 Å². The first kappa shape index (κ1) is 10.1. The maximum atomic E-state index is 11.9. The molecule has 2 saturated carbocycles. The summed E-state index contributed by atoms with van der Waals surface area (Å²) < 4.78 is 0. The number of hydrogen-bond acceptors (Lipinski definition) is 2. The van der Waals surface area contributed by atoms with Crippen LogP contribution < -0.4 is 10.6 Å². The Bertz CT molecular complexity index is 319. The average molecular weight is 222 g/mol. The number of carbonyl (C=O) groups excluding carboxylic acids is 2. The second-order valence-electron chi connectivity index (χ2n) is 5.42. The van der Waals surface area contributed by atoms with Crippen LogP contribution in [-0.2, 0) is 9.59 Å². The molecule has 16 heavy (non-hydrogen) atoms. The monoisotopic (exact) mass is 222 g/mol. The Balaban J connectivity index is 1.53. The molecular formula is C12H18N2O2. The number of carbonyl (C=O) groups is 2. The molecule has 3 unspecified atom stereocenters. The summed E-state index contributed by atoms with van der Waals surface area (Å²) in [5, 5.41) is 5.69. The maximum absolute atomic E-state index is 11.9. The number of fused-ring (bicyclic) bond motifs is 1. The molecule has 0 aromatic carbocycles. The van der Waals surface area contributed by atoms with Crippen molar-refractivity contribution in [2.75, 3.05) is 6.54 Å². The summed E-state index contributed by atoms with van der Waals surface area (Å²) >= 11 is 0. The van der Waals surface area contributed by atoms with Crippen molar-refractivity contribution in [3.05, 3.63) is 0 Å². The second kappa shape index (κ2) is 3.75. The SMILES string of the molecule is O=C(NC1CCCNC1=O)C1CC2CC2C1. The molecular weight excluding hydrogens is 204 g/mol. The van der Waals surface area contributed by atoms with Gasteiger partial charge in [0.25, 0.3) is 0 Å². The highest BCUT2D eigenvalue weighted by atomic mass is 16.2. The molecule has 4 heteroatoms. The molecule has 0 spiro atoms. The van der Waals surface area contributed by atoms with E-state index in [9.17, 15) is 9.59 Å². The minimum absolute atomic E-state index is 0.0113. The van der Waals surface area contributed by atoms with E-state index >= 15 is 0 Å². The fraction of sp³-hybridized carbons (Fsp3) is 0.833. The smallest absolute Gasteiger partial charge is 0.242 e. The minimum atomic E-state index is -0.279. The summed E-state index contributed by atoms with van der Waals surface area (Å²) in [6, 6.07) is -0.279. The number of hydrogen-bond donors (Lipinski definition) is 2. The molecule has 3 atom stereocenters. The summed E-state index contributed by atoms with van der Waals surface area (Å²) in [5.74, 6) is 1.90. The summed E-state index contributed by atoms with van der Waals surface area (Å²) in [4.78, 5) is 23.4. The number of nitrogens with one attached hydrogen (secondary N) is 2. The zero-order chi connectivity index (χ0) is 11.1. The molecule has 0 aromatic heterocycles. The zero-order valence-electron chi connectivity index (χ0n) is 9.37. The molecule has 88 valence electrons. The molecule has 0 aromatic rings. The van der Waals surface area contributed by atoms with Gasteiger partial charge in [0.1, 0.15) is 6.04 Å². The van der Waals surface area contributed by atoms with Gasteiger partial charge >= 0.3 is 0 Å². The van der Waals surface area contributed by atoms with Crippen molar-refractivity contribution >= 4 is 11.8 Å². The van der Waals surface area contributed by atoms with Crippen molar-refractivity contribution in [2.45, 2.75) is 38.1 Å². The topological polar surface area (TPSA) is 58.2 Å². The molecule has 4 nitrogen and oxygen atoms in total. The molecule has 1 heterocycles. The molecule has 3 rings (SSSR count). The molecule has 3 aliphatic rings. The van der Waals surface area contributed by atoms with Crippen molar-refractivity contribution in [3.8, 4) is 0 Å². The van der Waals surface area contributed by atoms with Crippen molar-refractivity contribution < 1.29 is 9.59 Å². The normalized spacial score (nSPS) is 41.1. The summed E-state index contributed by atoms with van der Waals surface area (Å²) in [6.07, 6.45) is 5.17. The van der Waals surface area contributed by atoms with Gasteiger partial charge in [-0.1, -0.05) is 0 Å². The lowest BCUT2D eigenvalue weighted by atomic mass is 10.0. The van der Waals surface area contributed by atoms with E-state index < -0.39 is 0 Å². The van der Waals surface area contributed by atoms with E-state index in [2.05, 4.69) is 10.6 Å². The number of rotatable bonds is 2. The predicted molar refractivity (Wildman–Crippen MR) is 58.5 cm³/mol. The van der Waals surface area contributed by atoms with Crippen LogP contribution in [0.2, 0.25) is 0 Å². The summed E-state index contributed by atoms with van der Waals surface area (Å²) in [6.45, 7) is 0.749. The third kappa shape index (κ3) is 1.81. The predicted octanol–water partition coefficient (Wildman–Crippen LogP) is 0.427. The Hall–Kier alpha value is -1.06. The van der Waals surface area contributed by atoms with Gasteiger partial charge in [-0.2, -0.15) is 0 Å². The van der Waals surface area contributed by atoms with Gasteiger partial charge in [0.05, 0.1) is 0 Å². The molecule has 3 fully saturated rings. The lowest BCUT2D eigenvalue weighted by molar-refractivity contribution is -0.132. The Morgan fingerprint density at radius 2 is 2.00 bits per heavy atom. The average Bonchev–Trinajstić information content (AvgIpc) is 2.89. The van der Waals surface area contributed by atoms with E-state index in [1.807, 2.05) is 0 Å². The van der Waals surface area contributed by atoms with Gasteiger partial charge in [-0.25, -0.2) is 0 Å². The third-order valence-corrected chi connectivity index (χ3v) is 4.22. The quantitative estimate of drug-likeness (QED) is 0.711. The molecule has 2 N–H and O–H groups in total. The van der Waals surface area contributed by atoms with E-state index in [1.54, 1.807) is 0 Å². The largest absolute Gasteiger partial charge is 0.354 e. The summed E-state index contributed by atoms with van der Waals surface area (Å²) in [7, 11) is 0. The molecule has 2 amide bonds. The molecule has 0 bridgehead atoms. The summed E-state index contributed by atoms with van der Waals surface area (Å²) in [5.41, 5.74) is 0. The highest BCUT2D eigenvalue weighted by Gasteiger charge is 2.48. The van der Waals surface area contributed by atoms with Crippen LogP contribution in [0, 0.1) is 17.8 Å². The van der Waals surface area contributed by atoms with Gasteiger partial charge in [0.2, 0.25) is 11.8 Å². The highest BCUT2D eigenvalue weighted by Crippen LogP contribution is 2.54. The molecule has 0 radical (unpaired) electrons. The van der Waals surface area contributed by atoms with Gasteiger partial charge in [-0.05, 0) is 43.9 Å². The Kier molecular flexibility index (Phi) is 2.37. The zero-order valence-corrected chi connectivity index (χ0v) is 9.37. The van der Waals surface area contributed by atoms with Crippen LogP contribution >= 0.6 is 0 Å². The minimum Gasteiger partial charge on any atom is -0.354 e. The first-order valence-electron chi connectivity index (χ1n) is 6.32. The Morgan fingerprint density at radius 3 is 2.69 bits per heavy atom. The van der Waals surface area contributed by atoms with Gasteiger partial charge < -0.3 is 10.6 Å². The lowest BCUT2D eigenvalue weighted by Gasteiger charge is -2.24. The molecule has 1 aliphatic heterocycles. The molecule has 1 saturated heterocycles. The van der Waals surface area contributed by atoms with Crippen LogP contribution in [0.25, 0.3) is 0 Å². The van der Waals surface area contributed by atoms with E-state index in [0.717, 1.165) is 44.1 Å². The Morgan fingerprint density at radius 1 is 1.25 bits per heavy atom. The van der Waals surface area contributed by atoms with Gasteiger partial charge in [0.15, 0.2) is 0 Å². The van der Waals surface area contributed by atoms with Crippen molar-refractivity contribution in [1.82, 2.24) is 10.6 Å². The van der Waals surface area contributed by atoms with Crippen LogP contribution in [0.1, 0.15) is 32.1 Å². The number of piperidine rings is 1. The van der Waals surface area contributed by atoms with Crippen LogP contribution in [0.5, 0.6) is 0 Å². The first-order valence-corrected chi connectivity index (χ1v) is 6.32. The maximum Gasteiger partial charge on any atom is 0.242 e. The fourth-order valence-electron chi connectivity index (χ4n) is 3.13. The Labute approximate surface area is 95.2 Å². The first-order chi connectivity index (χ1) is 7.74. The van der Waals surface area contributed by atoms with Crippen LogP contribution in [-0.4, -0.2) is 24.4 Å². The van der Waals surface area contributed by atoms with E-state index in [4.69, 9.17) is 0 Å². The van der Waals surface area contributed by atoms with Crippen LogP contribution in [0.4, 0.5) is 0 Å². The fourth-order valence-corrected chi connectivity index (χ4v) is 3.13. The van der Waals surface area contributed by atoms with E-state index in [0.29, 0.717) is 0 Å². The van der Waals surface area contributed by atoms with Crippen LogP contribution in [0.3, 0.4) is 0 Å². The van der Waals surface area contributed by atoms with Gasteiger partial charge in [0, 0.05) is 12.5 Å². The van der Waals surface area contributed by atoms with Crippen molar-refractivity contribution in [2.24, 2.45) is 17.8 Å². The lowest BCUT2D eigenvalue weighted by Crippen LogP contribution is -2.51. The highest BCUT2D eigenvalue weighted by molar-refractivity contribution is 5.89. The van der Waals surface area contributed by atoms with E-state index in [1.165, 1.54) is 6.42 Å². The van der Waals surface area contributed by atoms with Crippen LogP contribution in [0.15, 0.2) is 0 Å². The van der Waals surface area contributed by atoms with Gasteiger partial charge in [-0.15, -0.1) is 0 Å². The second-order valence-corrected chi connectivity index (χ2v) is 5.42. The third-order valence-electron chi connectivity index (χ3n) is 4.22. The van der Waals surface area contributed by atoms with E-state index in [-0.39, 0.29) is 23.8 Å². The van der Waals surface area contributed by atoms with Crippen molar-refractivity contribution in [3.63, 3.8) is 0 Å². The standard InChI is InChI=1S/C12H18N2O2/c15-11(9-5-7-4-8(7)6-9)14-10-2-1-3-13-12(10)16/h7-10H,1-6H2,(H,13,16)(H,14,15). The van der Waals surface area contributed by atoms with Crippen molar-refractivity contribution in [1.29, 1.82) is 0 Å².